The summed E-state index contributed by atoms with van der Waals surface area (Å²) in [7, 11) is 0. The van der Waals surface area contributed by atoms with Crippen LogP contribution >= 0.6 is 11.6 Å². The summed E-state index contributed by atoms with van der Waals surface area (Å²) in [5, 5.41) is 6.46. The molecule has 1 atom stereocenters. The zero-order valence-electron chi connectivity index (χ0n) is 10.7. The molecule has 0 saturated carbocycles. The Morgan fingerprint density at radius 2 is 2.33 bits per heavy atom. The molecule has 2 rings (SSSR count). The Kier molecular flexibility index (Phi) is 3.88. The highest BCUT2D eigenvalue weighted by atomic mass is 35.5. The molecule has 98 valence electrons. The molecule has 1 aliphatic rings. The predicted molar refractivity (Wildman–Crippen MR) is 72.7 cm³/mol. The Balaban J connectivity index is 2.07. The van der Waals surface area contributed by atoms with Gasteiger partial charge in [0.05, 0.1) is 6.04 Å². The Labute approximate surface area is 112 Å². The maximum absolute atomic E-state index is 12.2. The highest BCUT2D eigenvalue weighted by Gasteiger charge is 2.37. The number of halogens is 1. The first-order chi connectivity index (χ1) is 8.49. The van der Waals surface area contributed by atoms with Crippen molar-refractivity contribution in [3.05, 3.63) is 23.4 Å². The molecule has 1 fully saturated rings. The van der Waals surface area contributed by atoms with E-state index in [1.807, 2.05) is 0 Å². The molecule has 1 amide bonds. The second kappa shape index (κ2) is 5.24. The van der Waals surface area contributed by atoms with Gasteiger partial charge in [-0.05, 0) is 36.9 Å². The van der Waals surface area contributed by atoms with Crippen molar-refractivity contribution < 1.29 is 4.79 Å². The van der Waals surface area contributed by atoms with Crippen molar-refractivity contribution >= 4 is 23.3 Å². The van der Waals surface area contributed by atoms with Crippen LogP contribution in [0, 0.1) is 5.41 Å². The van der Waals surface area contributed by atoms with E-state index in [0.29, 0.717) is 11.0 Å². The molecule has 0 radical (unpaired) electrons. The standard InChI is InChI=1S/C13H18ClN3O/c1-13(2)7-4-8-15-11(13)12(18)17-10-6-3-5-9(14)16-10/h3,5-6,11,15H,4,7-8H2,1-2H3,(H,16,17,18). The number of aromatic nitrogens is 1. The number of hydrogen-bond donors (Lipinski definition) is 2. The van der Waals surface area contributed by atoms with Crippen LogP contribution in [0.5, 0.6) is 0 Å². The lowest BCUT2D eigenvalue weighted by Gasteiger charge is -2.38. The molecular formula is C13H18ClN3O. The van der Waals surface area contributed by atoms with E-state index in [1.54, 1.807) is 18.2 Å². The summed E-state index contributed by atoms with van der Waals surface area (Å²) in [5.41, 5.74) is -0.0408. The second-order valence-electron chi connectivity index (χ2n) is 5.31. The van der Waals surface area contributed by atoms with Gasteiger partial charge in [0.1, 0.15) is 11.0 Å². The number of hydrogen-bond acceptors (Lipinski definition) is 3. The van der Waals surface area contributed by atoms with Crippen molar-refractivity contribution in [3.63, 3.8) is 0 Å². The van der Waals surface area contributed by atoms with Crippen LogP contribution in [-0.2, 0) is 4.79 Å². The third kappa shape index (κ3) is 3.00. The molecule has 1 aromatic rings. The Morgan fingerprint density at radius 3 is 3.00 bits per heavy atom. The fraction of sp³-hybridized carbons (Fsp3) is 0.538. The number of rotatable bonds is 2. The van der Waals surface area contributed by atoms with Gasteiger partial charge in [-0.2, -0.15) is 0 Å². The Hall–Kier alpha value is -1.13. The summed E-state index contributed by atoms with van der Waals surface area (Å²) in [6, 6.07) is 5.00. The van der Waals surface area contributed by atoms with Crippen LogP contribution in [0.25, 0.3) is 0 Å². The predicted octanol–water partition coefficient (Wildman–Crippen LogP) is 2.45. The van der Waals surface area contributed by atoms with Crippen LogP contribution in [0.2, 0.25) is 5.15 Å². The molecule has 0 aliphatic carbocycles. The minimum absolute atomic E-state index is 0.0408. The summed E-state index contributed by atoms with van der Waals surface area (Å²) in [5.74, 6) is 0.449. The molecule has 0 aromatic carbocycles. The largest absolute Gasteiger partial charge is 0.309 e. The lowest BCUT2D eigenvalue weighted by Crippen LogP contribution is -2.53. The van der Waals surface area contributed by atoms with Gasteiger partial charge in [-0.3, -0.25) is 4.79 Å². The van der Waals surface area contributed by atoms with Crippen LogP contribution in [0.4, 0.5) is 5.82 Å². The molecule has 18 heavy (non-hydrogen) atoms. The molecule has 4 nitrogen and oxygen atoms in total. The summed E-state index contributed by atoms with van der Waals surface area (Å²) >= 11 is 5.79. The smallest absolute Gasteiger partial charge is 0.243 e. The number of amides is 1. The molecular weight excluding hydrogens is 250 g/mol. The van der Waals surface area contributed by atoms with E-state index in [-0.39, 0.29) is 17.4 Å². The molecule has 2 N–H and O–H groups in total. The highest BCUT2D eigenvalue weighted by molar-refractivity contribution is 6.29. The van der Waals surface area contributed by atoms with Crippen LogP contribution in [0.3, 0.4) is 0 Å². The molecule has 1 aliphatic heterocycles. The van der Waals surface area contributed by atoms with Gasteiger partial charge in [-0.1, -0.05) is 31.5 Å². The SMILES string of the molecule is CC1(C)CCCNC1C(=O)Nc1cccc(Cl)n1. The van der Waals surface area contributed by atoms with Gasteiger partial charge >= 0.3 is 0 Å². The summed E-state index contributed by atoms with van der Waals surface area (Å²) in [6.45, 7) is 5.09. The van der Waals surface area contributed by atoms with Crippen molar-refractivity contribution in [2.45, 2.75) is 32.7 Å². The zero-order valence-corrected chi connectivity index (χ0v) is 11.4. The van der Waals surface area contributed by atoms with Crippen molar-refractivity contribution in [3.8, 4) is 0 Å². The fourth-order valence-corrected chi connectivity index (χ4v) is 2.50. The zero-order chi connectivity index (χ0) is 13.2. The number of nitrogens with zero attached hydrogens (tertiary/aromatic N) is 1. The van der Waals surface area contributed by atoms with E-state index in [1.165, 1.54) is 0 Å². The third-order valence-corrected chi connectivity index (χ3v) is 3.57. The van der Waals surface area contributed by atoms with E-state index in [9.17, 15) is 4.79 Å². The van der Waals surface area contributed by atoms with E-state index < -0.39 is 0 Å². The minimum Gasteiger partial charge on any atom is -0.309 e. The number of pyridine rings is 1. The molecule has 2 heterocycles. The van der Waals surface area contributed by atoms with E-state index in [2.05, 4.69) is 29.5 Å². The lowest BCUT2D eigenvalue weighted by molar-refractivity contribution is -0.121. The summed E-state index contributed by atoms with van der Waals surface area (Å²) < 4.78 is 0. The highest BCUT2D eigenvalue weighted by Crippen LogP contribution is 2.30. The molecule has 1 saturated heterocycles. The molecule has 0 bridgehead atoms. The van der Waals surface area contributed by atoms with Crippen LogP contribution in [0.1, 0.15) is 26.7 Å². The van der Waals surface area contributed by atoms with Gasteiger partial charge in [0.25, 0.3) is 0 Å². The maximum Gasteiger partial charge on any atom is 0.243 e. The second-order valence-corrected chi connectivity index (χ2v) is 5.70. The van der Waals surface area contributed by atoms with Crippen LogP contribution in [-0.4, -0.2) is 23.5 Å². The van der Waals surface area contributed by atoms with Crippen molar-refractivity contribution in [1.82, 2.24) is 10.3 Å². The first kappa shape index (κ1) is 13.3. The van der Waals surface area contributed by atoms with E-state index in [4.69, 9.17) is 11.6 Å². The molecule has 0 spiro atoms. The van der Waals surface area contributed by atoms with Crippen molar-refractivity contribution in [2.24, 2.45) is 5.41 Å². The topological polar surface area (TPSA) is 54.0 Å². The Bertz CT molecular complexity index is 448. The fourth-order valence-electron chi connectivity index (χ4n) is 2.33. The van der Waals surface area contributed by atoms with Gasteiger partial charge in [-0.25, -0.2) is 4.98 Å². The number of carbonyl (C=O) groups is 1. The number of piperidine rings is 1. The van der Waals surface area contributed by atoms with Crippen LogP contribution < -0.4 is 10.6 Å². The van der Waals surface area contributed by atoms with Gasteiger partial charge in [-0.15, -0.1) is 0 Å². The lowest BCUT2D eigenvalue weighted by atomic mass is 9.77. The average Bonchev–Trinajstić information content (AvgIpc) is 2.28. The Morgan fingerprint density at radius 1 is 1.56 bits per heavy atom. The molecule has 1 aromatic heterocycles. The first-order valence-corrected chi connectivity index (χ1v) is 6.54. The van der Waals surface area contributed by atoms with Gasteiger partial charge in [0.2, 0.25) is 5.91 Å². The quantitative estimate of drug-likeness (QED) is 0.810. The summed E-state index contributed by atoms with van der Waals surface area (Å²) in [6.07, 6.45) is 2.15. The third-order valence-electron chi connectivity index (χ3n) is 3.36. The number of nitrogens with one attached hydrogen (secondary N) is 2. The van der Waals surface area contributed by atoms with Crippen molar-refractivity contribution in [1.29, 1.82) is 0 Å². The minimum atomic E-state index is -0.188. The maximum atomic E-state index is 12.2. The average molecular weight is 268 g/mol. The van der Waals surface area contributed by atoms with Crippen LogP contribution in [0.15, 0.2) is 18.2 Å². The monoisotopic (exact) mass is 267 g/mol. The number of anilines is 1. The first-order valence-electron chi connectivity index (χ1n) is 6.16. The van der Waals surface area contributed by atoms with Gasteiger partial charge in [0.15, 0.2) is 0 Å². The summed E-state index contributed by atoms with van der Waals surface area (Å²) in [4.78, 5) is 16.3. The van der Waals surface area contributed by atoms with E-state index >= 15 is 0 Å². The van der Waals surface area contributed by atoms with Gasteiger partial charge < -0.3 is 10.6 Å². The number of carbonyl (C=O) groups excluding carboxylic acids is 1. The molecule has 5 heteroatoms. The van der Waals surface area contributed by atoms with E-state index in [0.717, 1.165) is 19.4 Å². The molecule has 1 unspecified atom stereocenters. The normalized spacial score (nSPS) is 22.5. The van der Waals surface area contributed by atoms with Crippen molar-refractivity contribution in [2.75, 3.05) is 11.9 Å². The van der Waals surface area contributed by atoms with Gasteiger partial charge in [0, 0.05) is 0 Å².